The third-order valence-corrected chi connectivity index (χ3v) is 6.38. The molecule has 1 atom stereocenters. The molecule has 2 aliphatic rings. The van der Waals surface area contributed by atoms with Crippen LogP contribution in [0.1, 0.15) is 37.7 Å². The largest absolute Gasteiger partial charge is 0.497 e. The molecular formula is C23H39N5O. The van der Waals surface area contributed by atoms with Gasteiger partial charge in [-0.15, -0.1) is 0 Å². The van der Waals surface area contributed by atoms with Crippen LogP contribution in [-0.4, -0.2) is 93.7 Å². The number of rotatable bonds is 8. The summed E-state index contributed by atoms with van der Waals surface area (Å²) in [7, 11) is 3.62. The van der Waals surface area contributed by atoms with Crippen molar-refractivity contribution in [2.45, 2.75) is 32.1 Å². The van der Waals surface area contributed by atoms with Crippen molar-refractivity contribution in [1.82, 2.24) is 20.0 Å². The van der Waals surface area contributed by atoms with Crippen LogP contribution in [0.4, 0.5) is 0 Å². The quantitative estimate of drug-likeness (QED) is 0.412. The predicted molar refractivity (Wildman–Crippen MR) is 121 cm³/mol. The molecule has 2 saturated heterocycles. The summed E-state index contributed by atoms with van der Waals surface area (Å²) in [6.07, 6.45) is 3.63. The van der Waals surface area contributed by atoms with Gasteiger partial charge in [-0.2, -0.15) is 0 Å². The van der Waals surface area contributed by atoms with Gasteiger partial charge in [0.05, 0.1) is 7.11 Å². The van der Waals surface area contributed by atoms with Crippen molar-refractivity contribution in [2.75, 3.05) is 73.1 Å². The van der Waals surface area contributed by atoms with Crippen LogP contribution in [0.15, 0.2) is 29.3 Å². The number of hydrogen-bond acceptors (Lipinski definition) is 4. The lowest BCUT2D eigenvalue weighted by Gasteiger charge is -2.34. The van der Waals surface area contributed by atoms with Gasteiger partial charge in [0.1, 0.15) is 5.75 Å². The molecule has 1 aromatic rings. The van der Waals surface area contributed by atoms with Crippen molar-refractivity contribution < 1.29 is 4.74 Å². The molecular weight excluding hydrogens is 362 g/mol. The molecule has 1 N–H and O–H groups in total. The second kappa shape index (κ2) is 11.4. The average molecular weight is 402 g/mol. The SMILES string of the molecule is CCN1CCN(CCCCNC(=NC)N2CCC(c3ccc(OC)cc3)C2)CC1. The highest BCUT2D eigenvalue weighted by Gasteiger charge is 2.26. The van der Waals surface area contributed by atoms with Gasteiger partial charge in [-0.3, -0.25) is 4.99 Å². The first kappa shape index (κ1) is 21.9. The van der Waals surface area contributed by atoms with Crippen LogP contribution in [0.3, 0.4) is 0 Å². The Morgan fingerprint density at radius 1 is 1.07 bits per heavy atom. The lowest BCUT2D eigenvalue weighted by atomic mass is 9.98. The fraction of sp³-hybridized carbons (Fsp3) is 0.696. The minimum atomic E-state index is 0.571. The van der Waals surface area contributed by atoms with Crippen molar-refractivity contribution in [3.63, 3.8) is 0 Å². The van der Waals surface area contributed by atoms with Gasteiger partial charge >= 0.3 is 0 Å². The zero-order valence-corrected chi connectivity index (χ0v) is 18.6. The second-order valence-corrected chi connectivity index (χ2v) is 8.16. The Kier molecular flexibility index (Phi) is 8.62. The molecule has 0 bridgehead atoms. The normalized spacial score (nSPS) is 21.6. The Balaban J connectivity index is 1.34. The van der Waals surface area contributed by atoms with Gasteiger partial charge in [0.15, 0.2) is 5.96 Å². The van der Waals surface area contributed by atoms with E-state index in [-0.39, 0.29) is 0 Å². The monoisotopic (exact) mass is 401 g/mol. The Hall–Kier alpha value is -1.79. The van der Waals surface area contributed by atoms with Crippen LogP contribution >= 0.6 is 0 Å². The molecule has 6 nitrogen and oxygen atoms in total. The maximum Gasteiger partial charge on any atom is 0.193 e. The summed E-state index contributed by atoms with van der Waals surface area (Å²) in [6, 6.07) is 8.52. The number of benzene rings is 1. The van der Waals surface area contributed by atoms with Crippen LogP contribution in [0.25, 0.3) is 0 Å². The van der Waals surface area contributed by atoms with E-state index in [1.54, 1.807) is 7.11 Å². The number of methoxy groups -OCH3 is 1. The van der Waals surface area contributed by atoms with Crippen molar-refractivity contribution in [3.8, 4) is 5.75 Å². The molecule has 6 heteroatoms. The molecule has 0 radical (unpaired) electrons. The first-order valence-electron chi connectivity index (χ1n) is 11.3. The average Bonchev–Trinajstić information content (AvgIpc) is 3.26. The highest BCUT2D eigenvalue weighted by atomic mass is 16.5. The molecule has 2 aliphatic heterocycles. The molecule has 162 valence electrons. The van der Waals surface area contributed by atoms with Crippen molar-refractivity contribution in [1.29, 1.82) is 0 Å². The smallest absolute Gasteiger partial charge is 0.193 e. The number of ether oxygens (including phenoxy) is 1. The number of likely N-dealkylation sites (tertiary alicyclic amines) is 1. The summed E-state index contributed by atoms with van der Waals surface area (Å²) in [5, 5.41) is 3.58. The zero-order valence-electron chi connectivity index (χ0n) is 18.6. The Morgan fingerprint density at radius 3 is 2.45 bits per heavy atom. The molecule has 1 aromatic carbocycles. The molecule has 2 heterocycles. The Bertz CT molecular complexity index is 625. The van der Waals surface area contributed by atoms with E-state index >= 15 is 0 Å². The maximum absolute atomic E-state index is 5.28. The maximum atomic E-state index is 5.28. The lowest BCUT2D eigenvalue weighted by Crippen LogP contribution is -2.46. The van der Waals surface area contributed by atoms with E-state index in [0.717, 1.165) is 31.3 Å². The number of aliphatic imine (C=N–C) groups is 1. The van der Waals surface area contributed by atoms with Gasteiger partial charge in [0.2, 0.25) is 0 Å². The third kappa shape index (κ3) is 6.34. The topological polar surface area (TPSA) is 43.3 Å². The van der Waals surface area contributed by atoms with E-state index in [9.17, 15) is 0 Å². The third-order valence-electron chi connectivity index (χ3n) is 6.38. The summed E-state index contributed by atoms with van der Waals surface area (Å²) >= 11 is 0. The van der Waals surface area contributed by atoms with E-state index in [1.807, 2.05) is 7.05 Å². The zero-order chi connectivity index (χ0) is 20.5. The summed E-state index contributed by atoms with van der Waals surface area (Å²) in [5.74, 6) is 2.55. The molecule has 0 aliphatic carbocycles. The summed E-state index contributed by atoms with van der Waals surface area (Å²) < 4.78 is 5.28. The van der Waals surface area contributed by atoms with E-state index in [1.165, 1.54) is 64.1 Å². The highest BCUT2D eigenvalue weighted by molar-refractivity contribution is 5.80. The van der Waals surface area contributed by atoms with Gasteiger partial charge in [-0.25, -0.2) is 0 Å². The highest BCUT2D eigenvalue weighted by Crippen LogP contribution is 2.28. The van der Waals surface area contributed by atoms with Gasteiger partial charge in [-0.05, 0) is 50.0 Å². The van der Waals surface area contributed by atoms with Gasteiger partial charge in [-0.1, -0.05) is 19.1 Å². The van der Waals surface area contributed by atoms with E-state index in [2.05, 4.69) is 56.2 Å². The second-order valence-electron chi connectivity index (χ2n) is 8.16. The lowest BCUT2D eigenvalue weighted by molar-refractivity contribution is 0.136. The first-order chi connectivity index (χ1) is 14.2. The minimum absolute atomic E-state index is 0.571. The fourth-order valence-corrected chi connectivity index (χ4v) is 4.42. The molecule has 29 heavy (non-hydrogen) atoms. The summed E-state index contributed by atoms with van der Waals surface area (Å²) in [6.45, 7) is 12.7. The number of guanidine groups is 1. The Morgan fingerprint density at radius 2 is 1.79 bits per heavy atom. The van der Waals surface area contributed by atoms with Crippen LogP contribution in [0.5, 0.6) is 5.75 Å². The molecule has 1 unspecified atom stereocenters. The van der Waals surface area contributed by atoms with Crippen LogP contribution < -0.4 is 10.1 Å². The molecule has 0 saturated carbocycles. The number of likely N-dealkylation sites (N-methyl/N-ethyl adjacent to an activating group) is 1. The Labute approximate surface area is 176 Å². The molecule has 0 amide bonds. The molecule has 0 aromatic heterocycles. The number of nitrogens with zero attached hydrogens (tertiary/aromatic N) is 4. The van der Waals surface area contributed by atoms with E-state index < -0.39 is 0 Å². The van der Waals surface area contributed by atoms with Crippen LogP contribution in [0, 0.1) is 0 Å². The van der Waals surface area contributed by atoms with Gasteiger partial charge in [0.25, 0.3) is 0 Å². The number of hydrogen-bond donors (Lipinski definition) is 1. The predicted octanol–water partition coefficient (Wildman–Crippen LogP) is 2.48. The van der Waals surface area contributed by atoms with Crippen LogP contribution in [-0.2, 0) is 0 Å². The van der Waals surface area contributed by atoms with E-state index in [0.29, 0.717) is 5.92 Å². The van der Waals surface area contributed by atoms with Crippen molar-refractivity contribution >= 4 is 5.96 Å². The van der Waals surface area contributed by atoms with E-state index in [4.69, 9.17) is 4.74 Å². The number of unbranched alkanes of at least 4 members (excludes halogenated alkanes) is 1. The summed E-state index contributed by atoms with van der Waals surface area (Å²) in [4.78, 5) is 12.1. The first-order valence-corrected chi connectivity index (χ1v) is 11.3. The van der Waals surface area contributed by atoms with Gasteiger partial charge in [0, 0.05) is 58.8 Å². The minimum Gasteiger partial charge on any atom is -0.497 e. The fourth-order valence-electron chi connectivity index (χ4n) is 4.42. The number of nitrogens with one attached hydrogen (secondary N) is 1. The molecule has 2 fully saturated rings. The number of piperazine rings is 1. The van der Waals surface area contributed by atoms with Crippen molar-refractivity contribution in [3.05, 3.63) is 29.8 Å². The standard InChI is InChI=1S/C23H39N5O/c1-4-26-15-17-27(18-16-26)13-6-5-12-25-23(24-2)28-14-11-21(19-28)20-7-9-22(29-3)10-8-20/h7-10,21H,4-6,11-19H2,1-3H3,(H,24,25). The van der Waals surface area contributed by atoms with Crippen LogP contribution in [0.2, 0.25) is 0 Å². The molecule has 0 spiro atoms. The molecule has 3 rings (SSSR count). The van der Waals surface area contributed by atoms with Crippen molar-refractivity contribution in [2.24, 2.45) is 4.99 Å². The summed E-state index contributed by atoms with van der Waals surface area (Å²) in [5.41, 5.74) is 1.40. The van der Waals surface area contributed by atoms with Gasteiger partial charge < -0.3 is 24.8 Å².